The summed E-state index contributed by atoms with van der Waals surface area (Å²) in [5.74, 6) is 2.26. The van der Waals surface area contributed by atoms with E-state index in [0.717, 1.165) is 5.75 Å². The second-order valence-electron chi connectivity index (χ2n) is 4.38. The molecular weight excluding hydrogens is 214 g/mol. The van der Waals surface area contributed by atoms with Gasteiger partial charge in [-0.15, -0.1) is 0 Å². The fourth-order valence-electron chi connectivity index (χ4n) is 1.55. The summed E-state index contributed by atoms with van der Waals surface area (Å²) in [6, 6.07) is 6.73. The van der Waals surface area contributed by atoms with Crippen LogP contribution in [-0.2, 0) is 0 Å². The van der Waals surface area contributed by atoms with E-state index in [2.05, 4.69) is 39.0 Å². The number of aryl methyl sites for hydroxylation is 2. The van der Waals surface area contributed by atoms with Crippen molar-refractivity contribution in [3.8, 4) is 0 Å². The molecule has 0 aromatic heterocycles. The van der Waals surface area contributed by atoms with E-state index in [1.807, 2.05) is 11.8 Å². The van der Waals surface area contributed by atoms with Crippen molar-refractivity contribution < 1.29 is 0 Å². The zero-order valence-corrected chi connectivity index (χ0v) is 11.4. The molecule has 0 aliphatic rings. The average Bonchev–Trinajstić information content (AvgIpc) is 2.28. The molecule has 1 aromatic carbocycles. The number of nitrogens with two attached hydrogens (primary N) is 1. The summed E-state index contributed by atoms with van der Waals surface area (Å²) in [7, 11) is 0. The minimum Gasteiger partial charge on any atom is -0.323 e. The van der Waals surface area contributed by atoms with Gasteiger partial charge in [-0.05, 0) is 42.7 Å². The highest BCUT2D eigenvalue weighted by molar-refractivity contribution is 7.99. The van der Waals surface area contributed by atoms with Gasteiger partial charge in [0.2, 0.25) is 0 Å². The molecule has 0 aliphatic carbocycles. The van der Waals surface area contributed by atoms with E-state index in [-0.39, 0.29) is 6.04 Å². The molecule has 0 heterocycles. The molecule has 0 amide bonds. The van der Waals surface area contributed by atoms with Crippen molar-refractivity contribution in [1.82, 2.24) is 0 Å². The second kappa shape index (κ2) is 6.97. The zero-order chi connectivity index (χ0) is 12.0. The van der Waals surface area contributed by atoms with Crippen molar-refractivity contribution >= 4 is 11.8 Å². The molecule has 1 rings (SSSR count). The maximum absolute atomic E-state index is 6.18. The molecular formula is C14H23NS. The predicted octanol–water partition coefficient (Wildman–Crippen LogP) is 3.84. The SMILES string of the molecule is CCCCSCC(N)c1ccc(C)c(C)c1. The lowest BCUT2D eigenvalue weighted by Gasteiger charge is -2.13. The van der Waals surface area contributed by atoms with E-state index in [1.165, 1.54) is 35.3 Å². The van der Waals surface area contributed by atoms with E-state index in [4.69, 9.17) is 5.73 Å². The Kier molecular flexibility index (Phi) is 5.93. The summed E-state index contributed by atoms with van der Waals surface area (Å²) in [5, 5.41) is 0. The van der Waals surface area contributed by atoms with E-state index in [0.29, 0.717) is 0 Å². The maximum atomic E-state index is 6.18. The van der Waals surface area contributed by atoms with Gasteiger partial charge in [-0.2, -0.15) is 11.8 Å². The van der Waals surface area contributed by atoms with Crippen molar-refractivity contribution in [2.24, 2.45) is 5.73 Å². The Labute approximate surface area is 104 Å². The van der Waals surface area contributed by atoms with Gasteiger partial charge in [0.15, 0.2) is 0 Å². The Bertz CT molecular complexity index is 323. The van der Waals surface area contributed by atoms with Crippen molar-refractivity contribution in [3.05, 3.63) is 34.9 Å². The van der Waals surface area contributed by atoms with Gasteiger partial charge in [0.25, 0.3) is 0 Å². The highest BCUT2D eigenvalue weighted by Crippen LogP contribution is 2.19. The molecule has 90 valence electrons. The highest BCUT2D eigenvalue weighted by Gasteiger charge is 2.06. The normalized spacial score (nSPS) is 12.8. The lowest BCUT2D eigenvalue weighted by Crippen LogP contribution is -2.13. The molecule has 0 spiro atoms. The Morgan fingerprint density at radius 1 is 1.25 bits per heavy atom. The topological polar surface area (TPSA) is 26.0 Å². The summed E-state index contributed by atoms with van der Waals surface area (Å²) < 4.78 is 0. The first-order valence-electron chi connectivity index (χ1n) is 6.05. The third kappa shape index (κ3) is 4.18. The molecule has 16 heavy (non-hydrogen) atoms. The zero-order valence-electron chi connectivity index (χ0n) is 10.6. The van der Waals surface area contributed by atoms with E-state index in [9.17, 15) is 0 Å². The van der Waals surface area contributed by atoms with Crippen LogP contribution in [0.25, 0.3) is 0 Å². The van der Waals surface area contributed by atoms with E-state index < -0.39 is 0 Å². The fraction of sp³-hybridized carbons (Fsp3) is 0.571. The first-order valence-corrected chi connectivity index (χ1v) is 7.21. The second-order valence-corrected chi connectivity index (χ2v) is 5.53. The van der Waals surface area contributed by atoms with Crippen molar-refractivity contribution in [2.45, 2.75) is 39.7 Å². The molecule has 2 N–H and O–H groups in total. The Hall–Kier alpha value is -0.470. The van der Waals surface area contributed by atoms with Gasteiger partial charge < -0.3 is 5.73 Å². The monoisotopic (exact) mass is 237 g/mol. The molecule has 0 bridgehead atoms. The van der Waals surface area contributed by atoms with E-state index >= 15 is 0 Å². The number of rotatable bonds is 6. The summed E-state index contributed by atoms with van der Waals surface area (Å²) >= 11 is 1.97. The van der Waals surface area contributed by atoms with Crippen LogP contribution in [0.4, 0.5) is 0 Å². The molecule has 0 saturated heterocycles. The van der Waals surface area contributed by atoms with Crippen LogP contribution >= 0.6 is 11.8 Å². The molecule has 0 saturated carbocycles. The Morgan fingerprint density at radius 2 is 2.00 bits per heavy atom. The largest absolute Gasteiger partial charge is 0.323 e. The molecule has 1 aromatic rings. The molecule has 0 fully saturated rings. The minimum atomic E-state index is 0.182. The summed E-state index contributed by atoms with van der Waals surface area (Å²) in [5.41, 5.74) is 10.1. The van der Waals surface area contributed by atoms with Gasteiger partial charge in [-0.25, -0.2) is 0 Å². The molecule has 0 aliphatic heterocycles. The van der Waals surface area contributed by atoms with Crippen LogP contribution in [0.15, 0.2) is 18.2 Å². The van der Waals surface area contributed by atoms with Gasteiger partial charge in [0.1, 0.15) is 0 Å². The molecule has 0 radical (unpaired) electrons. The minimum absolute atomic E-state index is 0.182. The van der Waals surface area contributed by atoms with Gasteiger partial charge in [0, 0.05) is 11.8 Å². The standard InChI is InChI=1S/C14H23NS/c1-4-5-8-16-10-14(15)13-7-6-11(2)12(3)9-13/h6-7,9,14H,4-5,8,10,15H2,1-3H3. The number of thioether (sulfide) groups is 1. The van der Waals surface area contributed by atoms with Crippen LogP contribution in [-0.4, -0.2) is 11.5 Å². The van der Waals surface area contributed by atoms with Crippen LogP contribution in [0.1, 0.15) is 42.5 Å². The Balaban J connectivity index is 2.46. The quantitative estimate of drug-likeness (QED) is 0.761. The van der Waals surface area contributed by atoms with Crippen molar-refractivity contribution in [1.29, 1.82) is 0 Å². The van der Waals surface area contributed by atoms with Crippen LogP contribution in [0.2, 0.25) is 0 Å². The summed E-state index contributed by atoms with van der Waals surface area (Å²) in [4.78, 5) is 0. The lowest BCUT2D eigenvalue weighted by molar-refractivity contribution is 0.825. The van der Waals surface area contributed by atoms with Crippen LogP contribution < -0.4 is 5.73 Å². The fourth-order valence-corrected chi connectivity index (χ4v) is 2.65. The average molecular weight is 237 g/mol. The number of unbranched alkanes of at least 4 members (excludes halogenated alkanes) is 1. The van der Waals surface area contributed by atoms with Gasteiger partial charge in [0.05, 0.1) is 0 Å². The highest BCUT2D eigenvalue weighted by atomic mass is 32.2. The lowest BCUT2D eigenvalue weighted by atomic mass is 10.0. The summed E-state index contributed by atoms with van der Waals surface area (Å²) in [6.07, 6.45) is 2.57. The number of hydrogen-bond acceptors (Lipinski definition) is 2. The first kappa shape index (κ1) is 13.6. The van der Waals surface area contributed by atoms with E-state index in [1.54, 1.807) is 0 Å². The Morgan fingerprint density at radius 3 is 2.62 bits per heavy atom. The third-order valence-electron chi connectivity index (χ3n) is 2.90. The van der Waals surface area contributed by atoms with Gasteiger partial charge >= 0.3 is 0 Å². The summed E-state index contributed by atoms with van der Waals surface area (Å²) in [6.45, 7) is 6.51. The van der Waals surface area contributed by atoms with Crippen LogP contribution in [0, 0.1) is 13.8 Å². The van der Waals surface area contributed by atoms with Crippen molar-refractivity contribution in [3.63, 3.8) is 0 Å². The third-order valence-corrected chi connectivity index (χ3v) is 4.07. The van der Waals surface area contributed by atoms with Crippen LogP contribution in [0.3, 0.4) is 0 Å². The number of benzene rings is 1. The smallest absolute Gasteiger partial charge is 0.0386 e. The molecule has 2 heteroatoms. The van der Waals surface area contributed by atoms with Crippen molar-refractivity contribution in [2.75, 3.05) is 11.5 Å². The van der Waals surface area contributed by atoms with Crippen LogP contribution in [0.5, 0.6) is 0 Å². The maximum Gasteiger partial charge on any atom is 0.0386 e. The first-order chi connectivity index (χ1) is 7.65. The predicted molar refractivity (Wildman–Crippen MR) is 75.1 cm³/mol. The number of hydrogen-bond donors (Lipinski definition) is 1. The van der Waals surface area contributed by atoms with Gasteiger partial charge in [-0.1, -0.05) is 31.5 Å². The molecule has 1 nitrogen and oxygen atoms in total. The molecule has 1 unspecified atom stereocenters. The van der Waals surface area contributed by atoms with Gasteiger partial charge in [-0.3, -0.25) is 0 Å². The molecule has 1 atom stereocenters.